The van der Waals surface area contributed by atoms with Gasteiger partial charge in [0.2, 0.25) is 5.91 Å². The van der Waals surface area contributed by atoms with E-state index >= 15 is 0 Å². The molecule has 0 bridgehead atoms. The molecule has 3 aromatic rings. The fourth-order valence-corrected chi connectivity index (χ4v) is 4.78. The second-order valence-electron chi connectivity index (χ2n) is 8.55. The number of anilines is 1. The van der Waals surface area contributed by atoms with Gasteiger partial charge in [0.1, 0.15) is 0 Å². The Kier molecular flexibility index (Phi) is 8.24. The van der Waals surface area contributed by atoms with Gasteiger partial charge in [0.15, 0.2) is 5.16 Å². The number of carbonyl (C=O) groups is 1. The maximum absolute atomic E-state index is 13.6. The molecule has 34 heavy (non-hydrogen) atoms. The first-order chi connectivity index (χ1) is 16.5. The molecule has 0 spiro atoms. The third-order valence-corrected chi connectivity index (χ3v) is 7.07. The van der Waals surface area contributed by atoms with E-state index in [1.54, 1.807) is 4.57 Å². The number of amides is 1. The fourth-order valence-electron chi connectivity index (χ4n) is 3.95. The molecule has 1 amide bonds. The maximum Gasteiger partial charge on any atom is 0.262 e. The van der Waals surface area contributed by atoms with Crippen LogP contribution in [-0.2, 0) is 22.5 Å². The van der Waals surface area contributed by atoms with Gasteiger partial charge in [-0.1, -0.05) is 49.0 Å². The van der Waals surface area contributed by atoms with Crippen LogP contribution < -0.4 is 15.8 Å². The molecule has 1 aliphatic heterocycles. The first kappa shape index (κ1) is 24.3. The highest BCUT2D eigenvalue weighted by Gasteiger charge is 2.17. The molecular weight excluding hydrogens is 448 g/mol. The van der Waals surface area contributed by atoms with E-state index in [0.29, 0.717) is 42.2 Å². The van der Waals surface area contributed by atoms with Crippen LogP contribution in [0.25, 0.3) is 10.9 Å². The summed E-state index contributed by atoms with van der Waals surface area (Å²) >= 11 is 1.32. The Morgan fingerprint density at radius 1 is 1.18 bits per heavy atom. The van der Waals surface area contributed by atoms with Crippen LogP contribution in [-0.4, -0.2) is 53.6 Å². The topological polar surface area (TPSA) is 76.5 Å². The number of rotatable bonds is 9. The number of hydrogen-bond acceptors (Lipinski definition) is 6. The van der Waals surface area contributed by atoms with Gasteiger partial charge in [-0.2, -0.15) is 0 Å². The van der Waals surface area contributed by atoms with Crippen LogP contribution in [0.1, 0.15) is 25.8 Å². The first-order valence-corrected chi connectivity index (χ1v) is 12.9. The molecule has 0 saturated carbocycles. The highest BCUT2D eigenvalue weighted by atomic mass is 32.2. The maximum atomic E-state index is 13.6. The van der Waals surface area contributed by atoms with E-state index in [1.807, 2.05) is 50.2 Å². The van der Waals surface area contributed by atoms with Crippen LogP contribution in [0, 0.1) is 0 Å². The summed E-state index contributed by atoms with van der Waals surface area (Å²) in [5, 5.41) is 4.16. The summed E-state index contributed by atoms with van der Waals surface area (Å²) in [6.07, 6.45) is 1.58. The zero-order valence-corrected chi connectivity index (χ0v) is 20.6. The number of nitrogens with zero attached hydrogens (tertiary/aromatic N) is 3. The van der Waals surface area contributed by atoms with E-state index in [-0.39, 0.29) is 23.3 Å². The lowest BCUT2D eigenvalue weighted by atomic mass is 10.1. The van der Waals surface area contributed by atoms with Crippen molar-refractivity contribution in [3.63, 3.8) is 0 Å². The molecule has 0 aliphatic carbocycles. The van der Waals surface area contributed by atoms with Crippen molar-refractivity contribution in [3.8, 4) is 0 Å². The molecule has 0 radical (unpaired) electrons. The van der Waals surface area contributed by atoms with Crippen molar-refractivity contribution in [3.05, 3.63) is 64.4 Å². The van der Waals surface area contributed by atoms with Crippen LogP contribution >= 0.6 is 11.8 Å². The largest absolute Gasteiger partial charge is 0.378 e. The van der Waals surface area contributed by atoms with Crippen LogP contribution in [0.5, 0.6) is 0 Å². The molecule has 1 aromatic heterocycles. The molecule has 2 heterocycles. The Morgan fingerprint density at radius 3 is 2.68 bits per heavy atom. The van der Waals surface area contributed by atoms with Crippen molar-refractivity contribution < 1.29 is 9.53 Å². The van der Waals surface area contributed by atoms with Crippen molar-refractivity contribution in [1.29, 1.82) is 0 Å². The average molecular weight is 481 g/mol. The number of thioether (sulfide) groups is 1. The number of nitrogens with one attached hydrogen (secondary N) is 1. The van der Waals surface area contributed by atoms with Gasteiger partial charge in [-0.05, 0) is 43.5 Å². The summed E-state index contributed by atoms with van der Waals surface area (Å²) in [5.74, 6) is 0.172. The quantitative estimate of drug-likeness (QED) is 0.373. The molecule has 1 fully saturated rings. The SMILES string of the molecule is CC[C@H](C)NC(=O)CSc1nc2ccc(N3CCOCC3)cc2c(=O)n1CCc1ccccc1. The molecule has 1 atom stereocenters. The van der Waals surface area contributed by atoms with Gasteiger partial charge in [0.25, 0.3) is 5.56 Å². The van der Waals surface area contributed by atoms with E-state index < -0.39 is 0 Å². The van der Waals surface area contributed by atoms with Crippen LogP contribution in [0.3, 0.4) is 0 Å². The molecule has 8 heteroatoms. The summed E-state index contributed by atoms with van der Waals surface area (Å²) in [5.41, 5.74) is 2.75. The zero-order chi connectivity index (χ0) is 23.9. The van der Waals surface area contributed by atoms with Gasteiger partial charge in [-0.15, -0.1) is 0 Å². The number of fused-ring (bicyclic) bond motifs is 1. The Labute approximate surface area is 204 Å². The number of ether oxygens (including phenoxy) is 1. The minimum absolute atomic E-state index is 0.0500. The lowest BCUT2D eigenvalue weighted by molar-refractivity contribution is -0.119. The first-order valence-electron chi connectivity index (χ1n) is 11.9. The standard InChI is InChI=1S/C26H32N4O3S/c1-3-19(2)27-24(31)18-34-26-28-23-10-9-21(29-13-15-33-16-14-29)17-22(23)25(32)30(26)12-11-20-7-5-4-6-8-20/h4-10,17,19H,3,11-16,18H2,1-2H3,(H,27,31)/t19-/m0/s1. The minimum atomic E-state index is -0.0686. The van der Waals surface area contributed by atoms with Gasteiger partial charge in [-0.25, -0.2) is 4.98 Å². The minimum Gasteiger partial charge on any atom is -0.378 e. The number of hydrogen-bond donors (Lipinski definition) is 1. The second-order valence-corrected chi connectivity index (χ2v) is 9.50. The lowest BCUT2D eigenvalue weighted by Gasteiger charge is -2.29. The van der Waals surface area contributed by atoms with Gasteiger partial charge in [-0.3, -0.25) is 14.2 Å². The smallest absolute Gasteiger partial charge is 0.262 e. The summed E-state index contributed by atoms with van der Waals surface area (Å²) in [6, 6.07) is 16.1. The van der Waals surface area contributed by atoms with Gasteiger partial charge in [0.05, 0.1) is 29.9 Å². The van der Waals surface area contributed by atoms with Gasteiger partial charge in [0, 0.05) is 31.4 Å². The van der Waals surface area contributed by atoms with Crippen molar-refractivity contribution in [2.45, 2.75) is 44.4 Å². The van der Waals surface area contributed by atoms with E-state index in [4.69, 9.17) is 9.72 Å². The molecule has 4 rings (SSSR count). The number of aromatic nitrogens is 2. The summed E-state index contributed by atoms with van der Waals surface area (Å²) in [6.45, 7) is 7.51. The Morgan fingerprint density at radius 2 is 1.94 bits per heavy atom. The number of carbonyl (C=O) groups excluding carboxylic acids is 1. The lowest BCUT2D eigenvalue weighted by Crippen LogP contribution is -2.36. The predicted octanol–water partition coefficient (Wildman–Crippen LogP) is 3.48. The predicted molar refractivity (Wildman–Crippen MR) is 138 cm³/mol. The highest BCUT2D eigenvalue weighted by molar-refractivity contribution is 7.99. The van der Waals surface area contributed by atoms with Crippen molar-refractivity contribution >= 4 is 34.3 Å². The molecule has 2 aromatic carbocycles. The Hall–Kier alpha value is -2.84. The molecule has 1 saturated heterocycles. The highest BCUT2D eigenvalue weighted by Crippen LogP contribution is 2.23. The van der Waals surface area contributed by atoms with Crippen molar-refractivity contribution in [1.82, 2.24) is 14.9 Å². The second kappa shape index (κ2) is 11.5. The van der Waals surface area contributed by atoms with Gasteiger partial charge >= 0.3 is 0 Å². The van der Waals surface area contributed by atoms with Crippen LogP contribution in [0.15, 0.2) is 58.5 Å². The van der Waals surface area contributed by atoms with E-state index in [1.165, 1.54) is 11.8 Å². The summed E-state index contributed by atoms with van der Waals surface area (Å²) < 4.78 is 7.19. The third kappa shape index (κ3) is 5.98. The van der Waals surface area contributed by atoms with E-state index in [2.05, 4.69) is 22.3 Å². The van der Waals surface area contributed by atoms with Gasteiger partial charge < -0.3 is 15.0 Å². The molecule has 0 unspecified atom stereocenters. The normalized spacial score (nSPS) is 14.8. The number of morpholine rings is 1. The summed E-state index contributed by atoms with van der Waals surface area (Å²) in [7, 11) is 0. The number of benzene rings is 2. The molecule has 1 aliphatic rings. The van der Waals surface area contributed by atoms with E-state index in [0.717, 1.165) is 30.8 Å². The molecule has 180 valence electrons. The van der Waals surface area contributed by atoms with E-state index in [9.17, 15) is 9.59 Å². The van der Waals surface area contributed by atoms with Crippen LogP contribution in [0.2, 0.25) is 0 Å². The Balaban J connectivity index is 1.64. The summed E-state index contributed by atoms with van der Waals surface area (Å²) in [4.78, 5) is 33.1. The molecule has 1 N–H and O–H groups in total. The van der Waals surface area contributed by atoms with Crippen molar-refractivity contribution in [2.24, 2.45) is 0 Å². The number of aryl methyl sites for hydroxylation is 1. The molecule has 7 nitrogen and oxygen atoms in total. The average Bonchev–Trinajstić information content (AvgIpc) is 2.88. The third-order valence-electron chi connectivity index (χ3n) is 6.10. The van der Waals surface area contributed by atoms with Crippen LogP contribution in [0.4, 0.5) is 5.69 Å². The fraction of sp³-hybridized carbons (Fsp3) is 0.423. The van der Waals surface area contributed by atoms with Crippen molar-refractivity contribution in [2.75, 3.05) is 37.0 Å². The zero-order valence-electron chi connectivity index (χ0n) is 19.8. The molecular formula is C26H32N4O3S. The Bertz CT molecular complexity index is 1180. The monoisotopic (exact) mass is 480 g/mol.